The van der Waals surface area contributed by atoms with Gasteiger partial charge in [0.05, 0.1) is 11.6 Å². The van der Waals surface area contributed by atoms with Crippen molar-refractivity contribution in [1.29, 1.82) is 0 Å². The van der Waals surface area contributed by atoms with E-state index in [0.29, 0.717) is 0 Å². The summed E-state index contributed by atoms with van der Waals surface area (Å²) in [5, 5.41) is 0. The summed E-state index contributed by atoms with van der Waals surface area (Å²) >= 11 is 0. The van der Waals surface area contributed by atoms with E-state index in [0.717, 1.165) is 45.3 Å². The Labute approximate surface area is 139 Å². The quantitative estimate of drug-likeness (QED) is 0.855. The number of ether oxygens (including phenoxy) is 1. The van der Waals surface area contributed by atoms with Crippen LogP contribution in [0.1, 0.15) is 31.7 Å². The molecule has 3 rings (SSSR count). The first-order valence-corrected chi connectivity index (χ1v) is 8.80. The van der Waals surface area contributed by atoms with Gasteiger partial charge in [-0.05, 0) is 31.2 Å². The summed E-state index contributed by atoms with van der Waals surface area (Å²) in [6.45, 7) is 5.63. The number of rotatable bonds is 4. The van der Waals surface area contributed by atoms with E-state index in [1.807, 2.05) is 11.9 Å². The molecule has 1 unspecified atom stereocenters. The first-order chi connectivity index (χ1) is 11.1. The fourth-order valence-electron chi connectivity index (χ4n) is 4.14. The van der Waals surface area contributed by atoms with Gasteiger partial charge in [-0.15, -0.1) is 0 Å². The molecule has 2 aliphatic heterocycles. The van der Waals surface area contributed by atoms with Gasteiger partial charge in [0.1, 0.15) is 6.61 Å². The van der Waals surface area contributed by atoms with Gasteiger partial charge in [-0.3, -0.25) is 4.79 Å². The molecule has 1 aromatic rings. The average Bonchev–Trinajstić information content (AvgIpc) is 2.59. The normalized spacial score (nSPS) is 25.0. The van der Waals surface area contributed by atoms with Crippen LogP contribution in [0.3, 0.4) is 0 Å². The maximum Gasteiger partial charge on any atom is 0.248 e. The molecule has 2 aliphatic rings. The lowest BCUT2D eigenvalue weighted by molar-refractivity contribution is -0.186. The molecule has 4 nitrogen and oxygen atoms in total. The van der Waals surface area contributed by atoms with Crippen molar-refractivity contribution in [3.8, 4) is 0 Å². The fourth-order valence-corrected chi connectivity index (χ4v) is 4.14. The Balaban J connectivity index is 1.56. The van der Waals surface area contributed by atoms with Gasteiger partial charge in [-0.25, -0.2) is 0 Å². The van der Waals surface area contributed by atoms with Gasteiger partial charge in [-0.1, -0.05) is 37.3 Å². The minimum atomic E-state index is -0.124. The second kappa shape index (κ2) is 7.02. The van der Waals surface area contributed by atoms with Crippen LogP contribution in [0.25, 0.3) is 0 Å². The standard InChI is InChI=1S/C19H28N2O2/c1-3-17-19(23-15-18(22)20(17)2)10-13-21(14-11-19)12-9-16-7-5-4-6-8-16/h4-8,17H,3,9-15H2,1-2H3. The average molecular weight is 316 g/mol. The van der Waals surface area contributed by atoms with Crippen molar-refractivity contribution in [2.45, 2.75) is 44.2 Å². The summed E-state index contributed by atoms with van der Waals surface area (Å²) in [7, 11) is 1.93. The highest BCUT2D eigenvalue weighted by atomic mass is 16.5. The smallest absolute Gasteiger partial charge is 0.248 e. The molecule has 0 aliphatic carbocycles. The van der Waals surface area contributed by atoms with Gasteiger partial charge in [0.2, 0.25) is 5.91 Å². The van der Waals surface area contributed by atoms with E-state index >= 15 is 0 Å². The highest BCUT2D eigenvalue weighted by Crippen LogP contribution is 2.36. The van der Waals surface area contributed by atoms with Crippen molar-refractivity contribution < 1.29 is 9.53 Å². The Hall–Kier alpha value is -1.39. The number of morpholine rings is 1. The maximum absolute atomic E-state index is 11.9. The molecule has 4 heteroatoms. The summed E-state index contributed by atoms with van der Waals surface area (Å²) in [4.78, 5) is 16.4. The molecule has 0 N–H and O–H groups in total. The van der Waals surface area contributed by atoms with E-state index in [1.54, 1.807) is 0 Å². The predicted molar refractivity (Wildman–Crippen MR) is 91.4 cm³/mol. The van der Waals surface area contributed by atoms with Crippen LogP contribution >= 0.6 is 0 Å². The van der Waals surface area contributed by atoms with Crippen LogP contribution < -0.4 is 0 Å². The molecule has 1 amide bonds. The Kier molecular flexibility index (Phi) is 5.02. The van der Waals surface area contributed by atoms with Crippen LogP contribution in [0.5, 0.6) is 0 Å². The molecular formula is C19H28N2O2. The summed E-state index contributed by atoms with van der Waals surface area (Å²) in [6, 6.07) is 10.9. The summed E-state index contributed by atoms with van der Waals surface area (Å²) < 4.78 is 6.09. The predicted octanol–water partition coefficient (Wildman–Crippen LogP) is 2.33. The third-order valence-electron chi connectivity index (χ3n) is 5.60. The molecule has 0 bridgehead atoms. The lowest BCUT2D eigenvalue weighted by Crippen LogP contribution is -2.63. The number of amides is 1. The molecule has 0 radical (unpaired) electrons. The van der Waals surface area contributed by atoms with Crippen molar-refractivity contribution in [2.75, 3.05) is 33.3 Å². The first kappa shape index (κ1) is 16.5. The molecule has 0 saturated carbocycles. The fraction of sp³-hybridized carbons (Fsp3) is 0.632. The van der Waals surface area contributed by atoms with Gasteiger partial charge in [0.25, 0.3) is 0 Å². The van der Waals surface area contributed by atoms with E-state index in [2.05, 4.69) is 42.2 Å². The number of likely N-dealkylation sites (tertiary alicyclic amines) is 1. The number of hydrogen-bond donors (Lipinski definition) is 0. The third-order valence-corrected chi connectivity index (χ3v) is 5.60. The number of hydrogen-bond acceptors (Lipinski definition) is 3. The van der Waals surface area contributed by atoms with Crippen molar-refractivity contribution in [1.82, 2.24) is 9.80 Å². The SMILES string of the molecule is CCC1N(C)C(=O)COC12CCN(CCc1ccccc1)CC2. The Bertz CT molecular complexity index is 523. The van der Waals surface area contributed by atoms with Crippen LogP contribution in [0, 0.1) is 0 Å². The number of nitrogens with zero attached hydrogens (tertiary/aromatic N) is 2. The maximum atomic E-state index is 11.9. The van der Waals surface area contributed by atoms with Crippen LogP contribution in [-0.2, 0) is 16.0 Å². The number of benzene rings is 1. The summed E-state index contributed by atoms with van der Waals surface area (Å²) in [5.74, 6) is 0.119. The molecule has 2 heterocycles. The number of carbonyl (C=O) groups is 1. The lowest BCUT2D eigenvalue weighted by atomic mass is 9.80. The van der Waals surface area contributed by atoms with Gasteiger partial charge >= 0.3 is 0 Å². The minimum absolute atomic E-state index is 0.119. The van der Waals surface area contributed by atoms with E-state index in [9.17, 15) is 4.79 Å². The van der Waals surface area contributed by atoms with Crippen molar-refractivity contribution in [3.63, 3.8) is 0 Å². The molecule has 1 atom stereocenters. The van der Waals surface area contributed by atoms with Gasteiger partial charge in [-0.2, -0.15) is 0 Å². The van der Waals surface area contributed by atoms with E-state index in [4.69, 9.17) is 4.74 Å². The zero-order valence-electron chi connectivity index (χ0n) is 14.3. The van der Waals surface area contributed by atoms with Gasteiger partial charge in [0, 0.05) is 26.7 Å². The largest absolute Gasteiger partial charge is 0.363 e. The third kappa shape index (κ3) is 3.43. The van der Waals surface area contributed by atoms with Crippen LogP contribution in [0.2, 0.25) is 0 Å². The van der Waals surface area contributed by atoms with Crippen molar-refractivity contribution >= 4 is 5.91 Å². The van der Waals surface area contributed by atoms with E-state index in [1.165, 1.54) is 5.56 Å². The Morgan fingerprint density at radius 3 is 2.57 bits per heavy atom. The molecule has 1 aromatic carbocycles. The molecule has 23 heavy (non-hydrogen) atoms. The lowest BCUT2D eigenvalue weighted by Gasteiger charge is -2.51. The second-order valence-corrected chi connectivity index (χ2v) is 6.86. The summed E-state index contributed by atoms with van der Waals surface area (Å²) in [5.41, 5.74) is 1.28. The van der Waals surface area contributed by atoms with Crippen LogP contribution in [-0.4, -0.2) is 60.6 Å². The first-order valence-electron chi connectivity index (χ1n) is 8.80. The molecule has 126 valence electrons. The number of piperidine rings is 1. The van der Waals surface area contributed by atoms with Crippen LogP contribution in [0.15, 0.2) is 30.3 Å². The van der Waals surface area contributed by atoms with Crippen LogP contribution in [0.4, 0.5) is 0 Å². The van der Waals surface area contributed by atoms with Gasteiger partial charge in [0.15, 0.2) is 0 Å². The minimum Gasteiger partial charge on any atom is -0.363 e. The summed E-state index contributed by atoms with van der Waals surface area (Å²) in [6.07, 6.45) is 4.12. The zero-order valence-corrected chi connectivity index (χ0v) is 14.3. The van der Waals surface area contributed by atoms with Crippen molar-refractivity contribution in [3.05, 3.63) is 35.9 Å². The van der Waals surface area contributed by atoms with E-state index in [-0.39, 0.29) is 24.2 Å². The highest BCUT2D eigenvalue weighted by molar-refractivity contribution is 5.78. The van der Waals surface area contributed by atoms with E-state index < -0.39 is 0 Å². The highest BCUT2D eigenvalue weighted by Gasteiger charge is 2.47. The molecular weight excluding hydrogens is 288 g/mol. The monoisotopic (exact) mass is 316 g/mol. The zero-order chi connectivity index (χ0) is 16.3. The number of carbonyl (C=O) groups excluding carboxylic acids is 1. The number of likely N-dealkylation sites (N-methyl/N-ethyl adjacent to an activating group) is 1. The van der Waals surface area contributed by atoms with Gasteiger partial charge < -0.3 is 14.5 Å². The Morgan fingerprint density at radius 2 is 1.91 bits per heavy atom. The Morgan fingerprint density at radius 1 is 1.22 bits per heavy atom. The topological polar surface area (TPSA) is 32.8 Å². The molecule has 1 spiro atoms. The molecule has 2 fully saturated rings. The molecule has 0 aromatic heterocycles. The van der Waals surface area contributed by atoms with Crippen molar-refractivity contribution in [2.24, 2.45) is 0 Å². The molecule has 2 saturated heterocycles. The second-order valence-electron chi connectivity index (χ2n) is 6.86.